The van der Waals surface area contributed by atoms with E-state index in [0.717, 1.165) is 12.2 Å². The zero-order chi connectivity index (χ0) is 18.3. The van der Waals surface area contributed by atoms with Crippen molar-refractivity contribution in [2.45, 2.75) is 46.1 Å². The van der Waals surface area contributed by atoms with Crippen molar-refractivity contribution in [1.29, 1.82) is 0 Å². The van der Waals surface area contributed by atoms with Crippen molar-refractivity contribution in [3.63, 3.8) is 0 Å². The van der Waals surface area contributed by atoms with E-state index in [1.54, 1.807) is 0 Å². The summed E-state index contributed by atoms with van der Waals surface area (Å²) in [4.78, 5) is 14.3. The van der Waals surface area contributed by atoms with E-state index in [4.69, 9.17) is 0 Å². The first-order valence-electron chi connectivity index (χ1n) is 9.06. The van der Waals surface area contributed by atoms with Crippen LogP contribution < -0.4 is 5.32 Å². The van der Waals surface area contributed by atoms with Gasteiger partial charge in [0, 0.05) is 31.7 Å². The lowest BCUT2D eigenvalue weighted by molar-refractivity contribution is -0.131. The van der Waals surface area contributed by atoms with Crippen molar-refractivity contribution >= 4 is 11.6 Å². The molecule has 0 atom stereocenters. The zero-order valence-corrected chi connectivity index (χ0v) is 15.9. The molecule has 0 aliphatic heterocycles. The second-order valence-electron chi connectivity index (χ2n) is 7.40. The van der Waals surface area contributed by atoms with E-state index in [1.807, 2.05) is 30.0 Å². The summed E-state index contributed by atoms with van der Waals surface area (Å²) in [7, 11) is 0. The highest BCUT2D eigenvalue weighted by Gasteiger charge is 2.13. The van der Waals surface area contributed by atoms with E-state index >= 15 is 0 Å². The lowest BCUT2D eigenvalue weighted by Crippen LogP contribution is -2.31. The summed E-state index contributed by atoms with van der Waals surface area (Å²) in [6.45, 7) is 10.7. The van der Waals surface area contributed by atoms with Crippen molar-refractivity contribution in [3.8, 4) is 0 Å². The molecule has 3 nitrogen and oxygen atoms in total. The fourth-order valence-electron chi connectivity index (χ4n) is 2.74. The molecule has 134 valence electrons. The molecule has 2 rings (SSSR count). The van der Waals surface area contributed by atoms with Gasteiger partial charge in [-0.15, -0.1) is 0 Å². The molecule has 0 heterocycles. The summed E-state index contributed by atoms with van der Waals surface area (Å²) in [6, 6.07) is 18.6. The van der Waals surface area contributed by atoms with Gasteiger partial charge in [-0.1, -0.05) is 63.2 Å². The first-order chi connectivity index (χ1) is 11.9. The normalized spacial score (nSPS) is 11.2. The van der Waals surface area contributed by atoms with Crippen LogP contribution in [0.3, 0.4) is 0 Å². The number of anilines is 1. The van der Waals surface area contributed by atoms with Crippen molar-refractivity contribution in [2.24, 2.45) is 0 Å². The standard InChI is InChI=1S/C22H30N2O/c1-5-24(17-18-9-7-6-8-10-18)21(25)15-16-23-20-13-11-19(12-14-20)22(2,3)4/h6-14,23H,5,15-17H2,1-4H3. The lowest BCUT2D eigenvalue weighted by Gasteiger charge is -2.21. The zero-order valence-electron chi connectivity index (χ0n) is 15.9. The number of amides is 1. The molecule has 0 aromatic heterocycles. The monoisotopic (exact) mass is 338 g/mol. The van der Waals surface area contributed by atoms with Crippen LogP contribution in [-0.2, 0) is 16.8 Å². The molecule has 0 aliphatic rings. The Balaban J connectivity index is 1.82. The van der Waals surface area contributed by atoms with Crippen LogP contribution in [0.1, 0.15) is 45.2 Å². The number of hydrogen-bond acceptors (Lipinski definition) is 2. The molecule has 0 saturated heterocycles. The molecular weight excluding hydrogens is 308 g/mol. The van der Waals surface area contributed by atoms with E-state index in [1.165, 1.54) is 11.1 Å². The first-order valence-corrected chi connectivity index (χ1v) is 9.06. The molecule has 0 radical (unpaired) electrons. The van der Waals surface area contributed by atoms with Crippen molar-refractivity contribution in [2.75, 3.05) is 18.4 Å². The maximum atomic E-state index is 12.4. The third-order valence-electron chi connectivity index (χ3n) is 4.37. The smallest absolute Gasteiger partial charge is 0.224 e. The fraction of sp³-hybridized carbons (Fsp3) is 0.409. The van der Waals surface area contributed by atoms with Gasteiger partial charge in [0.1, 0.15) is 0 Å². The van der Waals surface area contributed by atoms with Crippen LogP contribution in [0.2, 0.25) is 0 Å². The molecule has 2 aromatic carbocycles. The van der Waals surface area contributed by atoms with Gasteiger partial charge in [-0.25, -0.2) is 0 Å². The number of carbonyl (C=O) groups is 1. The van der Waals surface area contributed by atoms with Crippen molar-refractivity contribution in [1.82, 2.24) is 4.90 Å². The van der Waals surface area contributed by atoms with E-state index in [2.05, 4.69) is 62.5 Å². The number of carbonyl (C=O) groups excluding carboxylic acids is 1. The second-order valence-corrected chi connectivity index (χ2v) is 7.40. The number of nitrogens with one attached hydrogen (secondary N) is 1. The van der Waals surface area contributed by atoms with Gasteiger partial charge in [-0.3, -0.25) is 4.79 Å². The maximum absolute atomic E-state index is 12.4. The van der Waals surface area contributed by atoms with E-state index in [9.17, 15) is 4.79 Å². The molecule has 0 saturated carbocycles. The summed E-state index contributed by atoms with van der Waals surface area (Å²) < 4.78 is 0. The van der Waals surface area contributed by atoms with Crippen molar-refractivity contribution in [3.05, 3.63) is 65.7 Å². The van der Waals surface area contributed by atoms with Crippen LogP contribution in [0.25, 0.3) is 0 Å². The molecule has 0 fully saturated rings. The maximum Gasteiger partial charge on any atom is 0.224 e. The summed E-state index contributed by atoms with van der Waals surface area (Å²) in [5.41, 5.74) is 3.71. The van der Waals surface area contributed by atoms with Crippen molar-refractivity contribution < 1.29 is 4.79 Å². The van der Waals surface area contributed by atoms with Gasteiger partial charge in [0.2, 0.25) is 5.91 Å². The highest BCUT2D eigenvalue weighted by Crippen LogP contribution is 2.23. The molecule has 0 aliphatic carbocycles. The van der Waals surface area contributed by atoms with E-state index < -0.39 is 0 Å². The van der Waals surface area contributed by atoms with Gasteiger partial charge in [-0.2, -0.15) is 0 Å². The Hall–Kier alpha value is -2.29. The molecular formula is C22H30N2O. The van der Waals surface area contributed by atoms with Crippen LogP contribution in [-0.4, -0.2) is 23.9 Å². The Morgan fingerprint density at radius 2 is 1.64 bits per heavy atom. The molecule has 25 heavy (non-hydrogen) atoms. The van der Waals surface area contributed by atoms with E-state index in [0.29, 0.717) is 19.5 Å². The van der Waals surface area contributed by atoms with Crippen LogP contribution in [0.4, 0.5) is 5.69 Å². The molecule has 3 heteroatoms. The third kappa shape index (κ3) is 5.93. The highest BCUT2D eigenvalue weighted by atomic mass is 16.2. The first kappa shape index (κ1) is 19.0. The van der Waals surface area contributed by atoms with E-state index in [-0.39, 0.29) is 11.3 Å². The molecule has 1 amide bonds. The van der Waals surface area contributed by atoms with Gasteiger partial charge in [-0.05, 0) is 35.6 Å². The highest BCUT2D eigenvalue weighted by molar-refractivity contribution is 5.76. The molecule has 0 bridgehead atoms. The molecule has 2 aromatic rings. The minimum absolute atomic E-state index is 0.160. The average molecular weight is 338 g/mol. The SMILES string of the molecule is CCN(Cc1ccccc1)C(=O)CCNc1ccc(C(C)(C)C)cc1. The van der Waals surface area contributed by atoms with Gasteiger partial charge < -0.3 is 10.2 Å². The Kier molecular flexibility index (Phi) is 6.63. The number of nitrogens with zero attached hydrogens (tertiary/aromatic N) is 1. The number of hydrogen-bond donors (Lipinski definition) is 1. The molecule has 0 spiro atoms. The predicted molar refractivity (Wildman–Crippen MR) is 106 cm³/mol. The van der Waals surface area contributed by atoms with Crippen LogP contribution >= 0.6 is 0 Å². The quantitative estimate of drug-likeness (QED) is 0.784. The number of rotatable bonds is 7. The Bertz CT molecular complexity index is 657. The minimum atomic E-state index is 0.160. The Labute approximate surface area is 152 Å². The Morgan fingerprint density at radius 3 is 2.20 bits per heavy atom. The topological polar surface area (TPSA) is 32.3 Å². The molecule has 0 unspecified atom stereocenters. The van der Waals surface area contributed by atoms with Gasteiger partial charge in [0.05, 0.1) is 0 Å². The minimum Gasteiger partial charge on any atom is -0.385 e. The second kappa shape index (κ2) is 8.70. The predicted octanol–water partition coefficient (Wildman–Crippen LogP) is 4.83. The third-order valence-corrected chi connectivity index (χ3v) is 4.37. The summed E-state index contributed by atoms with van der Waals surface area (Å²) in [6.07, 6.45) is 0.502. The lowest BCUT2D eigenvalue weighted by atomic mass is 9.87. The summed E-state index contributed by atoms with van der Waals surface area (Å²) in [5.74, 6) is 0.185. The van der Waals surface area contributed by atoms with Gasteiger partial charge in [0.25, 0.3) is 0 Å². The Morgan fingerprint density at radius 1 is 1.00 bits per heavy atom. The van der Waals surface area contributed by atoms with Gasteiger partial charge in [0.15, 0.2) is 0 Å². The van der Waals surface area contributed by atoms with Gasteiger partial charge >= 0.3 is 0 Å². The summed E-state index contributed by atoms with van der Waals surface area (Å²) >= 11 is 0. The van der Waals surface area contributed by atoms with Crippen LogP contribution in [0, 0.1) is 0 Å². The fourth-order valence-corrected chi connectivity index (χ4v) is 2.74. The van der Waals surface area contributed by atoms with Crippen LogP contribution in [0.5, 0.6) is 0 Å². The van der Waals surface area contributed by atoms with Crippen LogP contribution in [0.15, 0.2) is 54.6 Å². The largest absolute Gasteiger partial charge is 0.385 e. The summed E-state index contributed by atoms with van der Waals surface area (Å²) in [5, 5.41) is 3.35. The molecule has 1 N–H and O–H groups in total. The number of benzene rings is 2. The average Bonchev–Trinajstić information content (AvgIpc) is 2.60.